The van der Waals surface area contributed by atoms with Crippen LogP contribution in [0.3, 0.4) is 0 Å². The lowest BCUT2D eigenvalue weighted by molar-refractivity contribution is 0.0691. The van der Waals surface area contributed by atoms with Crippen LogP contribution in [0.15, 0.2) is 29.6 Å². The van der Waals surface area contributed by atoms with E-state index in [-0.39, 0.29) is 5.69 Å². The van der Waals surface area contributed by atoms with Gasteiger partial charge in [0.1, 0.15) is 0 Å². The summed E-state index contributed by atoms with van der Waals surface area (Å²) in [6, 6.07) is 7.63. The van der Waals surface area contributed by atoms with Crippen molar-refractivity contribution in [2.45, 2.75) is 12.8 Å². The summed E-state index contributed by atoms with van der Waals surface area (Å²) in [4.78, 5) is 14.7. The maximum Gasteiger partial charge on any atom is 0.355 e. The van der Waals surface area contributed by atoms with Crippen LogP contribution in [0.4, 0.5) is 0 Å². The minimum absolute atomic E-state index is 0.126. The zero-order chi connectivity index (χ0) is 12.3. The summed E-state index contributed by atoms with van der Waals surface area (Å²) in [5.41, 5.74) is 1.29. The predicted octanol–water partition coefficient (Wildman–Crippen LogP) is 3.28. The molecule has 0 saturated heterocycles. The Morgan fingerprint density at radius 3 is 2.59 bits per heavy atom. The van der Waals surface area contributed by atoms with Gasteiger partial charge in [-0.3, -0.25) is 0 Å². The smallest absolute Gasteiger partial charge is 0.355 e. The van der Waals surface area contributed by atoms with Crippen LogP contribution in [-0.4, -0.2) is 16.1 Å². The summed E-state index contributed by atoms with van der Waals surface area (Å²) in [5.74, 6) is -0.973. The maximum absolute atomic E-state index is 10.7. The predicted molar refractivity (Wildman–Crippen MR) is 67.9 cm³/mol. The fourth-order valence-corrected chi connectivity index (χ4v) is 2.32. The van der Waals surface area contributed by atoms with Crippen molar-refractivity contribution in [3.05, 3.63) is 50.9 Å². The second kappa shape index (κ2) is 5.29. The van der Waals surface area contributed by atoms with E-state index in [0.717, 1.165) is 22.9 Å². The second-order valence-corrected chi connectivity index (χ2v) is 4.94. The van der Waals surface area contributed by atoms with E-state index in [2.05, 4.69) is 4.98 Å². The second-order valence-electron chi connectivity index (χ2n) is 3.56. The van der Waals surface area contributed by atoms with Crippen LogP contribution >= 0.6 is 22.9 Å². The molecule has 17 heavy (non-hydrogen) atoms. The van der Waals surface area contributed by atoms with Crippen LogP contribution in [0.2, 0.25) is 5.02 Å². The van der Waals surface area contributed by atoms with Gasteiger partial charge in [0.2, 0.25) is 0 Å². The molecule has 1 N–H and O–H groups in total. The lowest BCUT2D eigenvalue weighted by Crippen LogP contribution is -1.97. The van der Waals surface area contributed by atoms with Crippen LogP contribution in [-0.2, 0) is 12.8 Å². The first-order valence-electron chi connectivity index (χ1n) is 5.07. The molecule has 2 aromatic rings. The van der Waals surface area contributed by atoms with Gasteiger partial charge < -0.3 is 5.11 Å². The van der Waals surface area contributed by atoms with Crippen molar-refractivity contribution >= 4 is 28.9 Å². The number of hydrogen-bond donors (Lipinski definition) is 1. The minimum atomic E-state index is -0.973. The Morgan fingerprint density at radius 2 is 2.00 bits per heavy atom. The number of halogens is 1. The normalized spacial score (nSPS) is 10.4. The highest BCUT2D eigenvalue weighted by molar-refractivity contribution is 7.09. The summed E-state index contributed by atoms with van der Waals surface area (Å²) >= 11 is 7.17. The molecule has 0 amide bonds. The SMILES string of the molecule is O=C(O)c1csc(CCc2ccc(Cl)cc2)n1. The van der Waals surface area contributed by atoms with Gasteiger partial charge >= 0.3 is 5.97 Å². The van der Waals surface area contributed by atoms with E-state index in [1.165, 1.54) is 16.9 Å². The quantitative estimate of drug-likeness (QED) is 0.925. The Hall–Kier alpha value is -1.39. The molecule has 0 radical (unpaired) electrons. The molecule has 0 atom stereocenters. The number of aromatic carboxylic acids is 1. The molecule has 0 aliphatic carbocycles. The lowest BCUT2D eigenvalue weighted by Gasteiger charge is -1.98. The Bertz CT molecular complexity index is 522. The molecule has 0 fully saturated rings. The molecule has 1 heterocycles. The van der Waals surface area contributed by atoms with E-state index < -0.39 is 5.97 Å². The zero-order valence-corrected chi connectivity index (χ0v) is 10.5. The number of aryl methyl sites for hydroxylation is 2. The van der Waals surface area contributed by atoms with Gasteiger partial charge in [-0.25, -0.2) is 9.78 Å². The lowest BCUT2D eigenvalue weighted by atomic mass is 10.1. The van der Waals surface area contributed by atoms with Gasteiger partial charge in [0, 0.05) is 16.8 Å². The molecule has 0 aliphatic rings. The van der Waals surface area contributed by atoms with Crippen molar-refractivity contribution in [2.24, 2.45) is 0 Å². The van der Waals surface area contributed by atoms with Crippen LogP contribution in [0, 0.1) is 0 Å². The van der Waals surface area contributed by atoms with Gasteiger partial charge in [-0.05, 0) is 24.1 Å². The Morgan fingerprint density at radius 1 is 1.29 bits per heavy atom. The van der Waals surface area contributed by atoms with E-state index in [0.29, 0.717) is 0 Å². The number of aromatic nitrogens is 1. The first kappa shape index (κ1) is 12.1. The molecule has 88 valence electrons. The monoisotopic (exact) mass is 267 g/mol. The van der Waals surface area contributed by atoms with E-state index >= 15 is 0 Å². The van der Waals surface area contributed by atoms with Gasteiger partial charge in [0.15, 0.2) is 5.69 Å². The van der Waals surface area contributed by atoms with E-state index in [4.69, 9.17) is 16.7 Å². The van der Waals surface area contributed by atoms with Crippen molar-refractivity contribution < 1.29 is 9.90 Å². The van der Waals surface area contributed by atoms with Gasteiger partial charge in [-0.15, -0.1) is 11.3 Å². The first-order valence-corrected chi connectivity index (χ1v) is 6.33. The molecule has 1 aromatic carbocycles. The van der Waals surface area contributed by atoms with E-state index in [1.54, 1.807) is 5.38 Å². The minimum Gasteiger partial charge on any atom is -0.476 e. The third-order valence-electron chi connectivity index (χ3n) is 2.31. The number of thiazole rings is 1. The summed E-state index contributed by atoms with van der Waals surface area (Å²) in [7, 11) is 0. The molecule has 0 spiro atoms. The molecule has 5 heteroatoms. The van der Waals surface area contributed by atoms with Crippen molar-refractivity contribution in [2.75, 3.05) is 0 Å². The maximum atomic E-state index is 10.7. The highest BCUT2D eigenvalue weighted by atomic mass is 35.5. The Balaban J connectivity index is 1.97. The van der Waals surface area contributed by atoms with Gasteiger partial charge in [0.05, 0.1) is 5.01 Å². The van der Waals surface area contributed by atoms with Crippen LogP contribution in [0.5, 0.6) is 0 Å². The van der Waals surface area contributed by atoms with Crippen molar-refractivity contribution in [3.63, 3.8) is 0 Å². The number of benzene rings is 1. The molecule has 0 bridgehead atoms. The average molecular weight is 268 g/mol. The fourth-order valence-electron chi connectivity index (χ4n) is 1.43. The molecule has 0 saturated carbocycles. The van der Waals surface area contributed by atoms with Crippen molar-refractivity contribution in [1.29, 1.82) is 0 Å². The molecular weight excluding hydrogens is 258 g/mol. The molecular formula is C12H10ClNO2S. The topological polar surface area (TPSA) is 50.2 Å². The molecule has 3 nitrogen and oxygen atoms in total. The van der Waals surface area contributed by atoms with Crippen LogP contribution < -0.4 is 0 Å². The number of carbonyl (C=O) groups is 1. The standard InChI is InChI=1S/C12H10ClNO2S/c13-9-4-1-8(2-5-9)3-6-11-14-10(7-17-11)12(15)16/h1-2,4-5,7H,3,6H2,(H,15,16). The molecule has 0 unspecified atom stereocenters. The van der Waals surface area contributed by atoms with Gasteiger partial charge in [-0.2, -0.15) is 0 Å². The van der Waals surface area contributed by atoms with Crippen molar-refractivity contribution in [1.82, 2.24) is 4.98 Å². The molecule has 2 rings (SSSR count). The summed E-state index contributed by atoms with van der Waals surface area (Å²) in [5, 5.41) is 11.9. The number of nitrogens with zero attached hydrogens (tertiary/aromatic N) is 1. The zero-order valence-electron chi connectivity index (χ0n) is 8.89. The number of rotatable bonds is 4. The number of carboxylic acids is 1. The third-order valence-corrected chi connectivity index (χ3v) is 3.47. The van der Waals surface area contributed by atoms with Crippen molar-refractivity contribution in [3.8, 4) is 0 Å². The van der Waals surface area contributed by atoms with E-state index in [9.17, 15) is 4.79 Å². The van der Waals surface area contributed by atoms with Gasteiger partial charge in [0.25, 0.3) is 0 Å². The largest absolute Gasteiger partial charge is 0.476 e. The summed E-state index contributed by atoms with van der Waals surface area (Å²) in [6.45, 7) is 0. The molecule has 1 aromatic heterocycles. The average Bonchev–Trinajstić information content (AvgIpc) is 2.77. The highest BCUT2D eigenvalue weighted by Crippen LogP contribution is 2.15. The first-order chi connectivity index (χ1) is 8.15. The van der Waals surface area contributed by atoms with Gasteiger partial charge in [-0.1, -0.05) is 23.7 Å². The summed E-state index contributed by atoms with van der Waals surface area (Å²) < 4.78 is 0. The van der Waals surface area contributed by atoms with Crippen LogP contribution in [0.25, 0.3) is 0 Å². The Kier molecular flexibility index (Phi) is 3.76. The number of hydrogen-bond acceptors (Lipinski definition) is 3. The summed E-state index contributed by atoms with van der Waals surface area (Å²) in [6.07, 6.45) is 1.59. The van der Waals surface area contributed by atoms with E-state index in [1.807, 2.05) is 24.3 Å². The fraction of sp³-hybridized carbons (Fsp3) is 0.167. The number of carboxylic acid groups (broad SMARTS) is 1. The van der Waals surface area contributed by atoms with Crippen LogP contribution in [0.1, 0.15) is 21.1 Å². The Labute approximate surface area is 108 Å². The molecule has 0 aliphatic heterocycles. The third kappa shape index (κ3) is 3.28. The highest BCUT2D eigenvalue weighted by Gasteiger charge is 2.08.